The van der Waals surface area contributed by atoms with Crippen LogP contribution in [0.1, 0.15) is 0 Å². The Morgan fingerprint density at radius 2 is 2.50 bits per heavy atom. The van der Waals surface area contributed by atoms with E-state index in [-0.39, 0.29) is 5.96 Å². The average Bonchev–Trinajstić information content (AvgIpc) is 1.98. The molecule has 0 aliphatic carbocycles. The topological polar surface area (TPSA) is 65.4 Å². The van der Waals surface area contributed by atoms with Crippen LogP contribution in [0.2, 0.25) is 0 Å². The molecule has 0 heterocycles. The van der Waals surface area contributed by atoms with Crippen molar-refractivity contribution in [3.05, 3.63) is 0 Å². The van der Waals surface area contributed by atoms with Crippen LogP contribution in [-0.2, 0) is 0 Å². The summed E-state index contributed by atoms with van der Waals surface area (Å²) >= 11 is 3.18. The van der Waals surface area contributed by atoms with Crippen LogP contribution in [0.5, 0.6) is 0 Å². The summed E-state index contributed by atoms with van der Waals surface area (Å²) in [4.78, 5) is 5.08. The minimum Gasteiger partial charge on any atom is -0.369 e. The normalized spacial score (nSPS) is 10.7. The van der Waals surface area contributed by atoms with Gasteiger partial charge in [-0.3, -0.25) is 9.89 Å². The molecule has 0 radical (unpaired) electrons. The average molecular weight is 205 g/mol. The van der Waals surface area contributed by atoms with E-state index >= 15 is 0 Å². The van der Waals surface area contributed by atoms with E-state index in [1.807, 2.05) is 6.19 Å². The van der Waals surface area contributed by atoms with Crippen LogP contribution in [0.3, 0.4) is 0 Å². The molecular formula is C5H9BrN4. The van der Waals surface area contributed by atoms with Gasteiger partial charge in [0.15, 0.2) is 6.19 Å². The van der Waals surface area contributed by atoms with E-state index < -0.39 is 0 Å². The smallest absolute Gasteiger partial charge is 0.204 e. The zero-order chi connectivity index (χ0) is 7.98. The predicted molar refractivity (Wildman–Crippen MR) is 43.7 cm³/mol. The lowest BCUT2D eigenvalue weighted by atomic mass is 10.7. The molecule has 0 atom stereocenters. The fraction of sp³-hybridized carbons (Fsp3) is 0.600. The van der Waals surface area contributed by atoms with Gasteiger partial charge in [-0.15, -0.1) is 0 Å². The summed E-state index contributed by atoms with van der Waals surface area (Å²) in [5.41, 5.74) is 5.35. The number of hydrogen-bond donors (Lipinski definition) is 1. The molecule has 0 saturated carbocycles. The highest BCUT2D eigenvalue weighted by Crippen LogP contribution is 1.82. The highest BCUT2D eigenvalue weighted by molar-refractivity contribution is 9.09. The number of halogens is 1. The van der Waals surface area contributed by atoms with Gasteiger partial charge in [0, 0.05) is 12.4 Å². The molecule has 2 N–H and O–H groups in total. The van der Waals surface area contributed by atoms with Crippen molar-refractivity contribution in [2.75, 3.05) is 18.9 Å². The van der Waals surface area contributed by atoms with Crippen molar-refractivity contribution < 1.29 is 0 Å². The first-order valence-corrected chi connectivity index (χ1v) is 3.84. The fourth-order valence-corrected chi connectivity index (χ4v) is 0.491. The van der Waals surface area contributed by atoms with Gasteiger partial charge in [0.25, 0.3) is 0 Å². The molecule has 0 aromatic rings. The molecule has 0 rings (SSSR count). The minimum atomic E-state index is 0.252. The molecule has 0 aliphatic rings. The van der Waals surface area contributed by atoms with Gasteiger partial charge in [-0.05, 0) is 0 Å². The number of nitriles is 1. The molecule has 0 saturated heterocycles. The summed E-state index contributed by atoms with van der Waals surface area (Å²) in [7, 11) is 1.56. The monoisotopic (exact) mass is 204 g/mol. The van der Waals surface area contributed by atoms with Crippen LogP contribution in [0.4, 0.5) is 0 Å². The molecule has 10 heavy (non-hydrogen) atoms. The summed E-state index contributed by atoms with van der Waals surface area (Å²) in [5.74, 6) is 0.252. The maximum atomic E-state index is 8.31. The Bertz CT molecular complexity index is 160. The van der Waals surface area contributed by atoms with Crippen molar-refractivity contribution in [3.63, 3.8) is 0 Å². The fourth-order valence-electron chi connectivity index (χ4n) is 0.314. The molecule has 56 valence electrons. The van der Waals surface area contributed by atoms with Crippen molar-refractivity contribution in [2.24, 2.45) is 10.7 Å². The van der Waals surface area contributed by atoms with Gasteiger partial charge in [-0.1, -0.05) is 15.9 Å². The van der Waals surface area contributed by atoms with E-state index in [4.69, 9.17) is 11.0 Å². The van der Waals surface area contributed by atoms with Gasteiger partial charge >= 0.3 is 0 Å². The first kappa shape index (κ1) is 9.24. The minimum absolute atomic E-state index is 0.252. The van der Waals surface area contributed by atoms with E-state index in [0.29, 0.717) is 6.54 Å². The van der Waals surface area contributed by atoms with Crippen molar-refractivity contribution in [2.45, 2.75) is 0 Å². The van der Waals surface area contributed by atoms with Gasteiger partial charge in [0.2, 0.25) is 5.96 Å². The Balaban J connectivity index is 3.82. The second kappa shape index (κ2) is 5.06. The second-order valence-electron chi connectivity index (χ2n) is 1.59. The number of alkyl halides is 1. The largest absolute Gasteiger partial charge is 0.369 e. The lowest BCUT2D eigenvalue weighted by Crippen LogP contribution is -2.30. The molecule has 0 spiro atoms. The van der Waals surface area contributed by atoms with E-state index in [2.05, 4.69) is 20.9 Å². The van der Waals surface area contributed by atoms with Gasteiger partial charge in [0.05, 0.1) is 6.54 Å². The van der Waals surface area contributed by atoms with E-state index in [0.717, 1.165) is 5.33 Å². The number of guanidine groups is 1. The molecule has 0 amide bonds. The number of rotatable bonds is 2. The SMILES string of the molecule is CN(C#N)C(N)=NCCBr. The van der Waals surface area contributed by atoms with Crippen molar-refractivity contribution in [3.8, 4) is 6.19 Å². The standard InChI is InChI=1S/C5H9BrN4/c1-10(4-7)5(8)9-3-2-6/h2-3H2,1H3,(H2,8,9). The summed E-state index contributed by atoms with van der Waals surface area (Å²) in [6.07, 6.45) is 1.84. The predicted octanol–water partition coefficient (Wildman–Crippen LogP) is 0.109. The van der Waals surface area contributed by atoms with Gasteiger partial charge in [0.1, 0.15) is 0 Å². The van der Waals surface area contributed by atoms with E-state index in [9.17, 15) is 0 Å². The second-order valence-corrected chi connectivity index (χ2v) is 2.38. The Labute approximate surface area is 68.5 Å². The maximum absolute atomic E-state index is 8.31. The first-order chi connectivity index (χ1) is 4.72. The Kier molecular flexibility index (Phi) is 4.67. The van der Waals surface area contributed by atoms with Crippen LogP contribution in [-0.4, -0.2) is 29.8 Å². The maximum Gasteiger partial charge on any atom is 0.204 e. The summed E-state index contributed by atoms with van der Waals surface area (Å²) in [6.45, 7) is 0.595. The Hall–Kier alpha value is -0.760. The first-order valence-electron chi connectivity index (χ1n) is 2.71. The number of hydrogen-bond acceptors (Lipinski definition) is 2. The molecular weight excluding hydrogens is 196 g/mol. The molecule has 0 unspecified atom stereocenters. The van der Waals surface area contributed by atoms with Crippen LogP contribution >= 0.6 is 15.9 Å². The molecule has 0 bridgehead atoms. The highest BCUT2D eigenvalue weighted by atomic mass is 79.9. The van der Waals surface area contributed by atoms with Crippen LogP contribution in [0, 0.1) is 11.5 Å². The third kappa shape index (κ3) is 3.30. The lowest BCUT2D eigenvalue weighted by Gasteiger charge is -2.05. The Morgan fingerprint density at radius 1 is 1.90 bits per heavy atom. The van der Waals surface area contributed by atoms with Crippen LogP contribution < -0.4 is 5.73 Å². The highest BCUT2D eigenvalue weighted by Gasteiger charge is 1.95. The lowest BCUT2D eigenvalue weighted by molar-refractivity contribution is 0.695. The molecule has 5 heteroatoms. The molecule has 0 aromatic heterocycles. The third-order valence-electron chi connectivity index (χ3n) is 0.852. The third-order valence-corrected chi connectivity index (χ3v) is 1.21. The van der Waals surface area contributed by atoms with Crippen LogP contribution in [0.15, 0.2) is 4.99 Å². The van der Waals surface area contributed by atoms with Gasteiger partial charge in [-0.25, -0.2) is 0 Å². The molecule has 4 nitrogen and oxygen atoms in total. The van der Waals surface area contributed by atoms with Crippen molar-refractivity contribution in [1.82, 2.24) is 4.90 Å². The number of nitrogens with zero attached hydrogens (tertiary/aromatic N) is 3. The van der Waals surface area contributed by atoms with Gasteiger partial charge < -0.3 is 5.73 Å². The number of aliphatic imine (C=N–C) groups is 1. The zero-order valence-electron chi connectivity index (χ0n) is 5.71. The van der Waals surface area contributed by atoms with E-state index in [1.54, 1.807) is 7.05 Å². The quantitative estimate of drug-likeness (QED) is 0.229. The molecule has 0 fully saturated rings. The van der Waals surface area contributed by atoms with E-state index in [1.165, 1.54) is 4.90 Å². The summed E-state index contributed by atoms with van der Waals surface area (Å²) in [6, 6.07) is 0. The summed E-state index contributed by atoms with van der Waals surface area (Å²) in [5, 5.41) is 9.06. The molecule has 0 aromatic carbocycles. The van der Waals surface area contributed by atoms with Gasteiger partial charge in [-0.2, -0.15) is 5.26 Å². The Morgan fingerprint density at radius 3 is 2.90 bits per heavy atom. The molecule has 0 aliphatic heterocycles. The zero-order valence-corrected chi connectivity index (χ0v) is 7.30. The van der Waals surface area contributed by atoms with Crippen LogP contribution in [0.25, 0.3) is 0 Å². The van der Waals surface area contributed by atoms with Crippen molar-refractivity contribution in [1.29, 1.82) is 5.26 Å². The summed E-state index contributed by atoms with van der Waals surface area (Å²) < 4.78 is 0. The van der Waals surface area contributed by atoms with Crippen molar-refractivity contribution >= 4 is 21.9 Å². The number of nitrogens with two attached hydrogens (primary N) is 1.